The van der Waals surface area contributed by atoms with E-state index in [1.165, 1.54) is 28.6 Å². The van der Waals surface area contributed by atoms with Crippen molar-refractivity contribution in [2.24, 2.45) is 0 Å². The van der Waals surface area contributed by atoms with Crippen LogP contribution >= 0.6 is 11.6 Å². The Morgan fingerprint density at radius 3 is 2.40 bits per heavy atom. The normalized spacial score (nSPS) is 14.3. The number of carbonyl (C=O) groups is 2. The van der Waals surface area contributed by atoms with Gasteiger partial charge in [-0.15, -0.1) is 0 Å². The van der Waals surface area contributed by atoms with Crippen molar-refractivity contribution >= 4 is 39.2 Å². The zero-order chi connectivity index (χ0) is 21.6. The van der Waals surface area contributed by atoms with Gasteiger partial charge in [-0.1, -0.05) is 17.7 Å². The van der Waals surface area contributed by atoms with Crippen molar-refractivity contribution in [2.45, 2.75) is 17.7 Å². The average molecular weight is 453 g/mol. The third-order valence-electron chi connectivity index (χ3n) is 4.36. The number of hydrogen-bond acceptors (Lipinski definition) is 6. The molecule has 0 aromatic heterocycles. The number of benzene rings is 2. The summed E-state index contributed by atoms with van der Waals surface area (Å²) in [4.78, 5) is 23.8. The van der Waals surface area contributed by atoms with Crippen molar-refractivity contribution in [1.29, 1.82) is 0 Å². The first-order chi connectivity index (χ1) is 14.3. The molecule has 1 amide bonds. The van der Waals surface area contributed by atoms with Crippen molar-refractivity contribution in [1.82, 2.24) is 4.31 Å². The molecule has 8 nitrogen and oxygen atoms in total. The highest BCUT2D eigenvalue weighted by atomic mass is 35.5. The van der Waals surface area contributed by atoms with E-state index in [2.05, 4.69) is 5.32 Å². The molecule has 1 saturated heterocycles. The molecule has 0 unspecified atom stereocenters. The Morgan fingerprint density at radius 1 is 1.03 bits per heavy atom. The van der Waals surface area contributed by atoms with Crippen molar-refractivity contribution in [3.05, 3.63) is 53.6 Å². The van der Waals surface area contributed by atoms with E-state index in [1.54, 1.807) is 24.3 Å². The molecule has 0 saturated carbocycles. The van der Waals surface area contributed by atoms with Crippen molar-refractivity contribution in [2.75, 3.05) is 31.6 Å². The molecule has 1 heterocycles. The van der Waals surface area contributed by atoms with Gasteiger partial charge in [0.25, 0.3) is 5.91 Å². The monoisotopic (exact) mass is 452 g/mol. The summed E-state index contributed by atoms with van der Waals surface area (Å²) in [5.41, 5.74) is 0.395. The molecule has 160 valence electrons. The number of nitrogens with zero attached hydrogens (tertiary/aromatic N) is 1. The van der Waals surface area contributed by atoms with Crippen LogP contribution in [0.5, 0.6) is 5.75 Å². The van der Waals surface area contributed by atoms with E-state index in [0.29, 0.717) is 29.5 Å². The fourth-order valence-corrected chi connectivity index (χ4v) is 4.57. The zero-order valence-electron chi connectivity index (χ0n) is 16.0. The summed E-state index contributed by atoms with van der Waals surface area (Å²) in [6.07, 6.45) is 1.71. The molecule has 10 heteroatoms. The molecule has 30 heavy (non-hydrogen) atoms. The number of esters is 1. The second kappa shape index (κ2) is 9.92. The van der Waals surface area contributed by atoms with Crippen LogP contribution in [0.4, 0.5) is 5.69 Å². The van der Waals surface area contributed by atoms with Crippen molar-refractivity contribution in [3.8, 4) is 5.75 Å². The van der Waals surface area contributed by atoms with Crippen molar-refractivity contribution < 1.29 is 27.5 Å². The van der Waals surface area contributed by atoms with E-state index in [9.17, 15) is 18.0 Å². The Bertz CT molecular complexity index is 1000. The van der Waals surface area contributed by atoms with Gasteiger partial charge in [0.05, 0.1) is 4.90 Å². The van der Waals surface area contributed by atoms with Crippen LogP contribution in [0.1, 0.15) is 12.8 Å². The molecular weight excluding hydrogens is 432 g/mol. The van der Waals surface area contributed by atoms with Gasteiger partial charge in [-0.25, -0.2) is 13.2 Å². The molecule has 2 aromatic carbocycles. The molecule has 2 aromatic rings. The molecule has 1 fully saturated rings. The van der Waals surface area contributed by atoms with Crippen LogP contribution in [-0.4, -0.2) is 50.9 Å². The highest BCUT2D eigenvalue weighted by Crippen LogP contribution is 2.22. The predicted octanol–water partition coefficient (Wildman–Crippen LogP) is 2.69. The van der Waals surface area contributed by atoms with Gasteiger partial charge in [0.2, 0.25) is 10.0 Å². The Morgan fingerprint density at radius 2 is 1.73 bits per heavy atom. The van der Waals surface area contributed by atoms with Gasteiger partial charge in [-0.05, 0) is 55.3 Å². The summed E-state index contributed by atoms with van der Waals surface area (Å²) >= 11 is 5.82. The Labute approximate surface area is 179 Å². The second-order valence-electron chi connectivity index (χ2n) is 6.59. The molecule has 1 aliphatic rings. The number of sulfonamides is 1. The Kier molecular flexibility index (Phi) is 7.30. The van der Waals surface area contributed by atoms with Gasteiger partial charge in [0, 0.05) is 23.8 Å². The largest absolute Gasteiger partial charge is 0.482 e. The number of ether oxygens (including phenoxy) is 2. The SMILES string of the molecule is O=C(COC(=O)COc1cccc(Cl)c1)Nc1ccc(S(=O)(=O)N2CCCC2)cc1. The molecule has 1 aliphatic heterocycles. The number of amides is 1. The van der Waals surface area contributed by atoms with Crippen LogP contribution in [-0.2, 0) is 24.3 Å². The lowest BCUT2D eigenvalue weighted by molar-refractivity contribution is -0.149. The molecule has 0 radical (unpaired) electrons. The minimum absolute atomic E-state index is 0.173. The van der Waals surface area contributed by atoms with E-state index >= 15 is 0 Å². The van der Waals surface area contributed by atoms with Gasteiger partial charge in [-0.2, -0.15) is 4.31 Å². The summed E-state index contributed by atoms with van der Waals surface area (Å²) in [6.45, 7) is 0.183. The topological polar surface area (TPSA) is 102 Å². The van der Waals surface area contributed by atoms with E-state index < -0.39 is 28.5 Å². The molecular formula is C20H21ClN2O6S. The van der Waals surface area contributed by atoms with Gasteiger partial charge in [-0.3, -0.25) is 4.79 Å². The van der Waals surface area contributed by atoms with Crippen LogP contribution in [0.15, 0.2) is 53.4 Å². The number of rotatable bonds is 8. The van der Waals surface area contributed by atoms with E-state index in [4.69, 9.17) is 21.1 Å². The number of anilines is 1. The first kappa shape index (κ1) is 22.1. The van der Waals surface area contributed by atoms with Gasteiger partial charge < -0.3 is 14.8 Å². The van der Waals surface area contributed by atoms with E-state index in [0.717, 1.165) is 12.8 Å². The highest BCUT2D eigenvalue weighted by Gasteiger charge is 2.26. The lowest BCUT2D eigenvalue weighted by atomic mass is 10.3. The number of nitrogens with one attached hydrogen (secondary N) is 1. The summed E-state index contributed by atoms with van der Waals surface area (Å²) in [6, 6.07) is 12.4. The summed E-state index contributed by atoms with van der Waals surface area (Å²) in [5, 5.41) is 3.02. The first-order valence-corrected chi connectivity index (χ1v) is 11.1. The predicted molar refractivity (Wildman–Crippen MR) is 111 cm³/mol. The fraction of sp³-hybridized carbons (Fsp3) is 0.300. The fourth-order valence-electron chi connectivity index (χ4n) is 2.87. The minimum Gasteiger partial charge on any atom is -0.482 e. The summed E-state index contributed by atoms with van der Waals surface area (Å²) < 4.78 is 36.5. The molecule has 3 rings (SSSR count). The van der Waals surface area contributed by atoms with Crippen LogP contribution in [0.2, 0.25) is 5.02 Å². The third-order valence-corrected chi connectivity index (χ3v) is 6.51. The average Bonchev–Trinajstić information content (AvgIpc) is 3.27. The van der Waals surface area contributed by atoms with Crippen LogP contribution < -0.4 is 10.1 Å². The molecule has 0 bridgehead atoms. The summed E-state index contributed by atoms with van der Waals surface area (Å²) in [5.74, 6) is -0.855. The van der Waals surface area contributed by atoms with Gasteiger partial charge in [0.1, 0.15) is 5.75 Å². The van der Waals surface area contributed by atoms with E-state index in [1.807, 2.05) is 0 Å². The maximum atomic E-state index is 12.5. The van der Waals surface area contributed by atoms with Gasteiger partial charge >= 0.3 is 5.97 Å². The first-order valence-electron chi connectivity index (χ1n) is 9.29. The minimum atomic E-state index is -3.51. The Hall–Kier alpha value is -2.62. The van der Waals surface area contributed by atoms with Crippen LogP contribution in [0.25, 0.3) is 0 Å². The second-order valence-corrected chi connectivity index (χ2v) is 8.96. The van der Waals surface area contributed by atoms with Crippen LogP contribution in [0.3, 0.4) is 0 Å². The number of halogens is 1. The van der Waals surface area contributed by atoms with Crippen LogP contribution in [0, 0.1) is 0 Å². The summed E-state index contributed by atoms with van der Waals surface area (Å²) in [7, 11) is -3.51. The third kappa shape index (κ3) is 5.94. The highest BCUT2D eigenvalue weighted by molar-refractivity contribution is 7.89. The quantitative estimate of drug-likeness (QED) is 0.618. The Balaban J connectivity index is 1.45. The van der Waals surface area contributed by atoms with Crippen molar-refractivity contribution in [3.63, 3.8) is 0 Å². The maximum absolute atomic E-state index is 12.5. The lowest BCUT2D eigenvalue weighted by Gasteiger charge is -2.15. The van der Waals surface area contributed by atoms with E-state index in [-0.39, 0.29) is 11.5 Å². The lowest BCUT2D eigenvalue weighted by Crippen LogP contribution is -2.27. The molecule has 0 spiro atoms. The molecule has 0 atom stereocenters. The zero-order valence-corrected chi connectivity index (χ0v) is 17.6. The smallest absolute Gasteiger partial charge is 0.344 e. The maximum Gasteiger partial charge on any atom is 0.344 e. The number of carbonyl (C=O) groups excluding carboxylic acids is 2. The standard InChI is InChI=1S/C20H21ClN2O6S/c21-15-4-3-5-17(12-15)28-14-20(25)29-13-19(24)22-16-6-8-18(9-7-16)30(26,27)23-10-1-2-11-23/h3-9,12H,1-2,10-11,13-14H2,(H,22,24). The number of hydrogen-bond donors (Lipinski definition) is 1. The van der Waals surface area contributed by atoms with Gasteiger partial charge in [0.15, 0.2) is 13.2 Å². The molecule has 1 N–H and O–H groups in total. The molecule has 0 aliphatic carbocycles.